The SMILES string of the molecule is Cc1nc(N2CCC3NNC(C(=O)N(C)C)C3C2)c2sccc2n1. The number of carbonyl (C=O) groups is 1. The first-order valence-corrected chi connectivity index (χ1v) is 9.11. The van der Waals surface area contributed by atoms with Crippen LogP contribution in [0.3, 0.4) is 0 Å². The van der Waals surface area contributed by atoms with Crippen LogP contribution < -0.4 is 15.8 Å². The number of aryl methyl sites for hydroxylation is 1. The first-order chi connectivity index (χ1) is 11.5. The third-order valence-electron chi connectivity index (χ3n) is 4.91. The van der Waals surface area contributed by atoms with E-state index in [1.165, 1.54) is 0 Å². The quantitative estimate of drug-likeness (QED) is 0.836. The van der Waals surface area contributed by atoms with Gasteiger partial charge in [0.2, 0.25) is 5.91 Å². The van der Waals surface area contributed by atoms with Crippen molar-refractivity contribution in [1.29, 1.82) is 0 Å². The van der Waals surface area contributed by atoms with Crippen molar-refractivity contribution in [3.05, 3.63) is 17.3 Å². The van der Waals surface area contributed by atoms with Crippen molar-refractivity contribution >= 4 is 33.3 Å². The predicted octanol–water partition coefficient (Wildman–Crippen LogP) is 0.759. The summed E-state index contributed by atoms with van der Waals surface area (Å²) in [5.74, 6) is 2.16. The summed E-state index contributed by atoms with van der Waals surface area (Å²) in [6.45, 7) is 3.69. The maximum Gasteiger partial charge on any atom is 0.240 e. The van der Waals surface area contributed by atoms with Crippen molar-refractivity contribution in [2.75, 3.05) is 32.1 Å². The summed E-state index contributed by atoms with van der Waals surface area (Å²) in [4.78, 5) is 25.6. The summed E-state index contributed by atoms with van der Waals surface area (Å²) < 4.78 is 1.13. The molecule has 2 aliphatic rings. The van der Waals surface area contributed by atoms with Crippen LogP contribution in [-0.4, -0.2) is 60.0 Å². The standard InChI is InChI=1S/C16H22N6OS/c1-9-17-12-5-7-24-14(12)15(18-9)22-6-4-11-10(8-22)13(20-19-11)16(23)21(2)3/h5,7,10-11,13,19-20H,4,6,8H2,1-3H3. The second kappa shape index (κ2) is 5.94. The Morgan fingerprint density at radius 1 is 1.38 bits per heavy atom. The van der Waals surface area contributed by atoms with E-state index >= 15 is 0 Å². The molecule has 0 aromatic carbocycles. The maximum absolute atomic E-state index is 12.4. The van der Waals surface area contributed by atoms with Gasteiger partial charge in [0.15, 0.2) is 0 Å². The number of fused-ring (bicyclic) bond motifs is 2. The summed E-state index contributed by atoms with van der Waals surface area (Å²) in [6, 6.07) is 2.19. The van der Waals surface area contributed by atoms with Gasteiger partial charge in [-0.15, -0.1) is 11.3 Å². The lowest BCUT2D eigenvalue weighted by atomic mass is 9.88. The van der Waals surface area contributed by atoms with Crippen LogP contribution >= 0.6 is 11.3 Å². The van der Waals surface area contributed by atoms with Gasteiger partial charge in [-0.05, 0) is 24.8 Å². The van der Waals surface area contributed by atoms with E-state index in [4.69, 9.17) is 4.98 Å². The zero-order valence-electron chi connectivity index (χ0n) is 14.1. The summed E-state index contributed by atoms with van der Waals surface area (Å²) in [6.07, 6.45) is 0.991. The molecule has 24 heavy (non-hydrogen) atoms. The van der Waals surface area contributed by atoms with Gasteiger partial charge in [-0.2, -0.15) is 0 Å². The number of thiophene rings is 1. The minimum absolute atomic E-state index is 0.122. The smallest absolute Gasteiger partial charge is 0.240 e. The van der Waals surface area contributed by atoms with Crippen molar-refractivity contribution in [2.24, 2.45) is 5.92 Å². The maximum atomic E-state index is 12.4. The molecular formula is C16H22N6OS. The Morgan fingerprint density at radius 3 is 3.00 bits per heavy atom. The van der Waals surface area contributed by atoms with Gasteiger partial charge in [-0.25, -0.2) is 15.4 Å². The van der Waals surface area contributed by atoms with E-state index in [9.17, 15) is 4.79 Å². The molecular weight excluding hydrogens is 324 g/mol. The zero-order chi connectivity index (χ0) is 16.8. The Bertz CT molecular complexity index is 775. The van der Waals surface area contributed by atoms with Gasteiger partial charge in [0.1, 0.15) is 17.7 Å². The second-order valence-corrected chi connectivity index (χ2v) is 7.65. The lowest BCUT2D eigenvalue weighted by Gasteiger charge is -2.37. The molecule has 0 saturated carbocycles. The molecule has 0 spiro atoms. The average Bonchev–Trinajstić information content (AvgIpc) is 3.18. The molecule has 4 heterocycles. The summed E-state index contributed by atoms with van der Waals surface area (Å²) in [5.41, 5.74) is 7.51. The van der Waals surface area contributed by atoms with Gasteiger partial charge >= 0.3 is 0 Å². The van der Waals surface area contributed by atoms with Gasteiger partial charge in [0, 0.05) is 39.1 Å². The Kier molecular flexibility index (Phi) is 3.90. The molecule has 3 atom stereocenters. The third-order valence-corrected chi connectivity index (χ3v) is 5.81. The summed E-state index contributed by atoms with van der Waals surface area (Å²) >= 11 is 1.68. The number of nitrogens with zero attached hydrogens (tertiary/aromatic N) is 4. The number of piperidine rings is 1. The van der Waals surface area contributed by atoms with Crippen molar-refractivity contribution < 1.29 is 4.79 Å². The summed E-state index contributed by atoms with van der Waals surface area (Å²) in [7, 11) is 3.61. The number of likely N-dealkylation sites (N-methyl/N-ethyl adjacent to an activating group) is 1. The Balaban J connectivity index is 1.64. The minimum atomic E-state index is -0.186. The number of amides is 1. The van der Waals surface area contributed by atoms with Crippen molar-refractivity contribution in [2.45, 2.75) is 25.4 Å². The number of hydrogen-bond donors (Lipinski definition) is 2. The van der Waals surface area contributed by atoms with Crippen LogP contribution in [0.4, 0.5) is 5.82 Å². The molecule has 1 amide bonds. The highest BCUT2D eigenvalue weighted by molar-refractivity contribution is 7.17. The van der Waals surface area contributed by atoms with Gasteiger partial charge in [-0.1, -0.05) is 0 Å². The largest absolute Gasteiger partial charge is 0.355 e. The van der Waals surface area contributed by atoms with E-state index in [0.717, 1.165) is 41.4 Å². The van der Waals surface area contributed by atoms with Gasteiger partial charge in [-0.3, -0.25) is 10.2 Å². The number of nitrogens with one attached hydrogen (secondary N) is 2. The topological polar surface area (TPSA) is 73.4 Å². The average molecular weight is 346 g/mol. The fourth-order valence-corrected chi connectivity index (χ4v) is 4.54. The van der Waals surface area contributed by atoms with Gasteiger partial charge < -0.3 is 9.80 Å². The fraction of sp³-hybridized carbons (Fsp3) is 0.562. The highest BCUT2D eigenvalue weighted by Gasteiger charge is 2.44. The van der Waals surface area contributed by atoms with Crippen molar-refractivity contribution in [1.82, 2.24) is 25.7 Å². The van der Waals surface area contributed by atoms with E-state index in [2.05, 4.69) is 26.1 Å². The molecule has 2 aromatic rings. The molecule has 2 aromatic heterocycles. The fourth-order valence-electron chi connectivity index (χ4n) is 3.69. The first-order valence-electron chi connectivity index (χ1n) is 8.23. The highest BCUT2D eigenvalue weighted by atomic mass is 32.1. The number of aromatic nitrogens is 2. The number of anilines is 1. The molecule has 2 fully saturated rings. The van der Waals surface area contributed by atoms with Crippen LogP contribution in [0.15, 0.2) is 11.4 Å². The molecule has 0 bridgehead atoms. The molecule has 8 heteroatoms. The van der Waals surface area contributed by atoms with Crippen LogP contribution in [0.5, 0.6) is 0 Å². The van der Waals surface area contributed by atoms with Crippen molar-refractivity contribution in [3.63, 3.8) is 0 Å². The molecule has 4 rings (SSSR count). The van der Waals surface area contributed by atoms with Crippen LogP contribution in [-0.2, 0) is 4.79 Å². The van der Waals surface area contributed by atoms with E-state index in [0.29, 0.717) is 6.04 Å². The zero-order valence-corrected chi connectivity index (χ0v) is 14.9. The molecule has 2 saturated heterocycles. The first kappa shape index (κ1) is 15.7. The Labute approximate surface area is 145 Å². The number of rotatable bonds is 2. The van der Waals surface area contributed by atoms with Gasteiger partial charge in [0.05, 0.1) is 10.2 Å². The molecule has 0 radical (unpaired) electrons. The Morgan fingerprint density at radius 2 is 2.21 bits per heavy atom. The summed E-state index contributed by atoms with van der Waals surface area (Å²) in [5, 5.41) is 2.06. The number of hydrazine groups is 1. The normalized spacial score (nSPS) is 26.6. The van der Waals surface area contributed by atoms with E-state index in [1.54, 1.807) is 30.3 Å². The molecule has 3 unspecified atom stereocenters. The van der Waals surface area contributed by atoms with Crippen LogP contribution in [0, 0.1) is 12.8 Å². The molecule has 2 N–H and O–H groups in total. The van der Waals surface area contributed by atoms with Crippen LogP contribution in [0.2, 0.25) is 0 Å². The van der Waals surface area contributed by atoms with Crippen molar-refractivity contribution in [3.8, 4) is 0 Å². The minimum Gasteiger partial charge on any atom is -0.355 e. The molecule has 2 aliphatic heterocycles. The van der Waals surface area contributed by atoms with E-state index in [1.807, 2.05) is 13.0 Å². The predicted molar refractivity (Wildman–Crippen MR) is 95.0 cm³/mol. The second-order valence-electron chi connectivity index (χ2n) is 6.73. The molecule has 0 aliphatic carbocycles. The van der Waals surface area contributed by atoms with Gasteiger partial charge in [0.25, 0.3) is 0 Å². The molecule has 128 valence electrons. The number of hydrogen-bond acceptors (Lipinski definition) is 7. The lowest BCUT2D eigenvalue weighted by molar-refractivity contribution is -0.131. The monoisotopic (exact) mass is 346 g/mol. The van der Waals surface area contributed by atoms with Crippen LogP contribution in [0.25, 0.3) is 10.2 Å². The van der Waals surface area contributed by atoms with E-state index < -0.39 is 0 Å². The van der Waals surface area contributed by atoms with E-state index in [-0.39, 0.29) is 17.9 Å². The molecule has 7 nitrogen and oxygen atoms in total. The lowest BCUT2D eigenvalue weighted by Crippen LogP contribution is -2.50. The Hall–Kier alpha value is -1.77. The third kappa shape index (κ3) is 2.54. The highest BCUT2D eigenvalue weighted by Crippen LogP contribution is 2.33. The number of carbonyl (C=O) groups excluding carboxylic acids is 1. The van der Waals surface area contributed by atoms with Crippen LogP contribution in [0.1, 0.15) is 12.2 Å².